The molecule has 0 spiro atoms. The van der Waals surface area contributed by atoms with Crippen LogP contribution in [0.5, 0.6) is 5.75 Å². The van der Waals surface area contributed by atoms with Crippen LogP contribution in [0.2, 0.25) is 5.02 Å². The van der Waals surface area contributed by atoms with Crippen molar-refractivity contribution in [3.05, 3.63) is 88.7 Å². The first-order chi connectivity index (χ1) is 16.9. The normalized spacial score (nSPS) is 10.7. The molecule has 0 atom stereocenters. The number of halogens is 2. The van der Waals surface area contributed by atoms with Gasteiger partial charge in [0.25, 0.3) is 5.91 Å². The fourth-order valence-corrected chi connectivity index (χ4v) is 4.09. The van der Waals surface area contributed by atoms with E-state index in [4.69, 9.17) is 16.3 Å². The van der Waals surface area contributed by atoms with Gasteiger partial charge in [-0.2, -0.15) is 0 Å². The third kappa shape index (κ3) is 8.52. The lowest BCUT2D eigenvalue weighted by atomic mass is 10.0. The Labute approximate surface area is 211 Å². The summed E-state index contributed by atoms with van der Waals surface area (Å²) in [5, 5.41) is 2.90. The zero-order valence-corrected chi connectivity index (χ0v) is 20.7. The lowest BCUT2D eigenvalue weighted by molar-refractivity contribution is -0.131. The van der Waals surface area contributed by atoms with Crippen LogP contribution < -0.4 is 10.1 Å². The van der Waals surface area contributed by atoms with E-state index in [1.807, 2.05) is 6.07 Å². The molecule has 0 aromatic heterocycles. The summed E-state index contributed by atoms with van der Waals surface area (Å²) in [5.41, 5.74) is 2.86. The molecule has 3 aromatic rings. The number of carbonyl (C=O) groups excluding carboxylic acids is 2. The number of hydrogen-bond acceptors (Lipinski definition) is 3. The quantitative estimate of drug-likeness (QED) is 0.162. The first-order valence-corrected chi connectivity index (χ1v) is 12.4. The summed E-state index contributed by atoms with van der Waals surface area (Å²) in [6, 6.07) is 19.6. The van der Waals surface area contributed by atoms with Gasteiger partial charge in [-0.05, 0) is 60.7 Å². The Morgan fingerprint density at radius 1 is 0.886 bits per heavy atom. The highest BCUT2D eigenvalue weighted by Crippen LogP contribution is 2.33. The van der Waals surface area contributed by atoms with Crippen molar-refractivity contribution < 1.29 is 18.7 Å². The zero-order valence-electron chi connectivity index (χ0n) is 20.0. The number of ether oxygens (including phenoxy) is 1. The van der Waals surface area contributed by atoms with Crippen LogP contribution in [0.25, 0.3) is 11.1 Å². The summed E-state index contributed by atoms with van der Waals surface area (Å²) < 4.78 is 18.9. The maximum absolute atomic E-state index is 13.6. The number of unbranched alkanes of at least 4 members (excludes halogenated alkanes) is 5. The number of amides is 1. The first-order valence-electron chi connectivity index (χ1n) is 12.0. The van der Waals surface area contributed by atoms with Gasteiger partial charge in [0.15, 0.2) is 0 Å². The largest absolute Gasteiger partial charge is 0.426 e. The van der Waals surface area contributed by atoms with Gasteiger partial charge in [0, 0.05) is 24.6 Å². The van der Waals surface area contributed by atoms with Crippen molar-refractivity contribution in [3.63, 3.8) is 0 Å². The second-order valence-corrected chi connectivity index (χ2v) is 8.95. The number of hydrogen-bond donors (Lipinski definition) is 1. The van der Waals surface area contributed by atoms with Crippen LogP contribution in [0.1, 0.15) is 61.4 Å². The van der Waals surface area contributed by atoms with Gasteiger partial charge in [-0.3, -0.25) is 9.59 Å². The van der Waals surface area contributed by atoms with Crippen LogP contribution >= 0.6 is 11.6 Å². The molecule has 0 fully saturated rings. The second kappa shape index (κ2) is 13.6. The van der Waals surface area contributed by atoms with E-state index >= 15 is 0 Å². The molecule has 0 aliphatic rings. The minimum absolute atomic E-state index is 0.0498. The van der Waals surface area contributed by atoms with Crippen molar-refractivity contribution >= 4 is 23.5 Å². The van der Waals surface area contributed by atoms with Crippen LogP contribution in [0, 0.1) is 5.82 Å². The van der Waals surface area contributed by atoms with E-state index < -0.39 is 11.8 Å². The van der Waals surface area contributed by atoms with Crippen LogP contribution in [0.4, 0.5) is 4.39 Å². The van der Waals surface area contributed by atoms with Crippen LogP contribution in [-0.2, 0) is 11.2 Å². The molecule has 6 heteroatoms. The fourth-order valence-electron chi connectivity index (χ4n) is 3.91. The molecule has 0 unspecified atom stereocenters. The average Bonchev–Trinajstić information content (AvgIpc) is 2.85. The highest BCUT2D eigenvalue weighted by Gasteiger charge is 2.15. The van der Waals surface area contributed by atoms with E-state index in [1.165, 1.54) is 49.9 Å². The summed E-state index contributed by atoms with van der Waals surface area (Å²) in [7, 11) is 0. The van der Waals surface area contributed by atoms with E-state index in [0.29, 0.717) is 23.2 Å². The molecular formula is C29H31ClFNO3. The number of aryl methyl sites for hydroxylation is 1. The summed E-state index contributed by atoms with van der Waals surface area (Å²) in [6.07, 6.45) is 7.86. The monoisotopic (exact) mass is 495 g/mol. The lowest BCUT2D eigenvalue weighted by Gasteiger charge is -2.12. The van der Waals surface area contributed by atoms with E-state index in [0.717, 1.165) is 25.7 Å². The van der Waals surface area contributed by atoms with E-state index in [1.54, 1.807) is 18.2 Å². The van der Waals surface area contributed by atoms with Gasteiger partial charge in [-0.25, -0.2) is 4.39 Å². The van der Waals surface area contributed by atoms with Crippen molar-refractivity contribution in [2.45, 2.75) is 51.9 Å². The average molecular weight is 496 g/mol. The van der Waals surface area contributed by atoms with E-state index in [-0.39, 0.29) is 16.7 Å². The Hall–Kier alpha value is -3.18. The fraction of sp³-hybridized carbons (Fsp3) is 0.310. The SMILES string of the molecule is CC(=O)Oc1ccc(C(=O)NCCCCCCCCc2ccccc2)cc1-c1ccc(F)c(Cl)c1. The Kier molecular flexibility index (Phi) is 10.3. The van der Waals surface area contributed by atoms with Gasteiger partial charge in [0.1, 0.15) is 11.6 Å². The molecule has 0 radical (unpaired) electrons. The molecule has 184 valence electrons. The highest BCUT2D eigenvalue weighted by atomic mass is 35.5. The van der Waals surface area contributed by atoms with Gasteiger partial charge < -0.3 is 10.1 Å². The summed E-state index contributed by atoms with van der Waals surface area (Å²) in [5.74, 6) is -0.966. The van der Waals surface area contributed by atoms with Crippen molar-refractivity contribution in [3.8, 4) is 16.9 Å². The molecule has 1 N–H and O–H groups in total. The summed E-state index contributed by atoms with van der Waals surface area (Å²) >= 11 is 5.93. The molecule has 0 aliphatic carbocycles. The number of nitrogens with one attached hydrogen (secondary N) is 1. The van der Waals surface area contributed by atoms with Crippen LogP contribution in [0.15, 0.2) is 66.7 Å². The smallest absolute Gasteiger partial charge is 0.308 e. The van der Waals surface area contributed by atoms with Crippen molar-refractivity contribution in [2.75, 3.05) is 6.54 Å². The predicted molar refractivity (Wildman–Crippen MR) is 138 cm³/mol. The minimum atomic E-state index is -0.547. The Balaban J connectivity index is 1.46. The molecule has 0 bridgehead atoms. The molecule has 3 rings (SSSR count). The van der Waals surface area contributed by atoms with Crippen molar-refractivity contribution in [1.29, 1.82) is 0 Å². The van der Waals surface area contributed by atoms with E-state index in [2.05, 4.69) is 29.6 Å². The topological polar surface area (TPSA) is 55.4 Å². The molecular weight excluding hydrogens is 465 g/mol. The molecule has 1 amide bonds. The maximum atomic E-state index is 13.6. The molecule has 35 heavy (non-hydrogen) atoms. The number of carbonyl (C=O) groups is 2. The van der Waals surface area contributed by atoms with Crippen molar-refractivity contribution in [1.82, 2.24) is 5.32 Å². The van der Waals surface area contributed by atoms with Gasteiger partial charge in [0.05, 0.1) is 5.02 Å². The van der Waals surface area contributed by atoms with E-state index in [9.17, 15) is 14.0 Å². The zero-order chi connectivity index (χ0) is 25.0. The molecule has 0 heterocycles. The third-order valence-electron chi connectivity index (χ3n) is 5.75. The van der Waals surface area contributed by atoms with Gasteiger partial charge >= 0.3 is 5.97 Å². The van der Waals surface area contributed by atoms with Gasteiger partial charge in [-0.15, -0.1) is 0 Å². The molecule has 0 saturated carbocycles. The summed E-state index contributed by atoms with van der Waals surface area (Å²) in [4.78, 5) is 24.2. The maximum Gasteiger partial charge on any atom is 0.308 e. The minimum Gasteiger partial charge on any atom is -0.426 e. The molecule has 0 saturated heterocycles. The first kappa shape index (κ1) is 26.4. The number of benzene rings is 3. The summed E-state index contributed by atoms with van der Waals surface area (Å²) in [6.45, 7) is 1.89. The third-order valence-corrected chi connectivity index (χ3v) is 6.04. The van der Waals surface area contributed by atoms with Crippen LogP contribution in [-0.4, -0.2) is 18.4 Å². The molecule has 4 nitrogen and oxygen atoms in total. The Morgan fingerprint density at radius 3 is 2.31 bits per heavy atom. The Bertz CT molecular complexity index is 1130. The Morgan fingerprint density at radius 2 is 1.60 bits per heavy atom. The highest BCUT2D eigenvalue weighted by molar-refractivity contribution is 6.31. The van der Waals surface area contributed by atoms with Crippen LogP contribution in [0.3, 0.4) is 0 Å². The molecule has 0 aliphatic heterocycles. The second-order valence-electron chi connectivity index (χ2n) is 8.55. The predicted octanol–water partition coefficient (Wildman–Crippen LogP) is 7.38. The van der Waals surface area contributed by atoms with Gasteiger partial charge in [0.2, 0.25) is 0 Å². The number of esters is 1. The molecule has 3 aromatic carbocycles. The number of rotatable bonds is 12. The standard InChI is InChI=1S/C29H31ClFNO3/c1-21(33)35-28-17-15-24(19-25(28)23-14-16-27(31)26(30)20-23)29(34)32-18-10-5-3-2-4-7-11-22-12-8-6-9-13-22/h6,8-9,12-17,19-20H,2-5,7,10-11,18H2,1H3,(H,32,34). The van der Waals surface area contributed by atoms with Gasteiger partial charge in [-0.1, -0.05) is 73.7 Å². The lowest BCUT2D eigenvalue weighted by Crippen LogP contribution is -2.24. The van der Waals surface area contributed by atoms with Crippen molar-refractivity contribution in [2.24, 2.45) is 0 Å².